The summed E-state index contributed by atoms with van der Waals surface area (Å²) in [7, 11) is -3.99. The van der Waals surface area contributed by atoms with Gasteiger partial charge in [-0.05, 0) is 43.4 Å². The van der Waals surface area contributed by atoms with Gasteiger partial charge in [0.05, 0.1) is 4.90 Å². The van der Waals surface area contributed by atoms with Crippen LogP contribution >= 0.6 is 0 Å². The van der Waals surface area contributed by atoms with Crippen molar-refractivity contribution in [3.63, 3.8) is 0 Å². The Kier molecular flexibility index (Phi) is 7.38. The second-order valence-electron chi connectivity index (χ2n) is 7.02. The number of carbonyl (C=O) groups excluding carboxylic acids is 1. The number of carbonyl (C=O) groups is 2. The molecule has 0 bridgehead atoms. The fourth-order valence-corrected chi connectivity index (χ4v) is 5.06. The Morgan fingerprint density at radius 3 is 2.30 bits per heavy atom. The first kappa shape index (κ1) is 21.4. The number of benzene rings is 1. The van der Waals surface area contributed by atoms with Crippen LogP contribution < -0.4 is 5.32 Å². The Bertz CT molecular complexity index is 755. The molecule has 150 valence electrons. The normalized spacial score (nSPS) is 16.9. The number of rotatable bonds is 8. The molecule has 1 aliphatic carbocycles. The lowest BCUT2D eigenvalue weighted by molar-refractivity contribution is -0.140. The second kappa shape index (κ2) is 9.32. The van der Waals surface area contributed by atoms with Crippen LogP contribution in [0, 0.1) is 0 Å². The van der Waals surface area contributed by atoms with E-state index in [1.807, 2.05) is 12.1 Å². The minimum atomic E-state index is -3.99. The number of hydrogen-bond acceptors (Lipinski definition) is 4. The highest BCUT2D eigenvalue weighted by Gasteiger charge is 2.32. The average molecular weight is 397 g/mol. The minimum Gasteiger partial charge on any atom is -0.480 e. The van der Waals surface area contributed by atoms with Crippen LogP contribution in [0.25, 0.3) is 0 Å². The molecule has 1 aromatic rings. The summed E-state index contributed by atoms with van der Waals surface area (Å²) in [6, 6.07) is 5.54. The molecule has 0 heterocycles. The van der Waals surface area contributed by atoms with Crippen LogP contribution in [0.3, 0.4) is 0 Å². The lowest BCUT2D eigenvalue weighted by Gasteiger charge is -2.26. The van der Waals surface area contributed by atoms with E-state index in [1.165, 1.54) is 33.1 Å². The van der Waals surface area contributed by atoms with E-state index in [-0.39, 0.29) is 23.9 Å². The Labute approximate surface area is 160 Å². The molecule has 0 radical (unpaired) electrons. The molecular formula is C19H28N2O5S. The van der Waals surface area contributed by atoms with E-state index in [4.69, 9.17) is 0 Å². The molecule has 1 saturated carbocycles. The van der Waals surface area contributed by atoms with Gasteiger partial charge in [-0.25, -0.2) is 8.42 Å². The number of hydrogen-bond donors (Lipinski definition) is 2. The first-order valence-electron chi connectivity index (χ1n) is 9.32. The SMILES string of the molecule is CC(=O)NCCN(C(C)C(=O)O)S(=O)(=O)c1ccc(C2CCCCC2)cc1. The van der Waals surface area contributed by atoms with Gasteiger partial charge >= 0.3 is 5.97 Å². The number of sulfonamides is 1. The van der Waals surface area contributed by atoms with Crippen LogP contribution in [0.2, 0.25) is 0 Å². The molecule has 1 fully saturated rings. The topological polar surface area (TPSA) is 104 Å². The molecule has 1 amide bonds. The molecule has 0 spiro atoms. The first-order valence-corrected chi connectivity index (χ1v) is 10.8. The molecule has 1 aromatic carbocycles. The van der Waals surface area contributed by atoms with Crippen LogP contribution in [-0.4, -0.2) is 48.8 Å². The van der Waals surface area contributed by atoms with Gasteiger partial charge in [-0.3, -0.25) is 9.59 Å². The standard InChI is InChI=1S/C19H28N2O5S/c1-14(19(23)24)21(13-12-20-15(2)22)27(25,26)18-10-8-17(9-11-18)16-6-4-3-5-7-16/h8-11,14,16H,3-7,12-13H2,1-2H3,(H,20,22)(H,23,24). The number of amides is 1. The Balaban J connectivity index is 2.22. The van der Waals surface area contributed by atoms with Crippen molar-refractivity contribution in [2.75, 3.05) is 13.1 Å². The van der Waals surface area contributed by atoms with Crippen molar-refractivity contribution in [3.05, 3.63) is 29.8 Å². The summed E-state index contributed by atoms with van der Waals surface area (Å²) in [6.07, 6.45) is 5.87. The molecular weight excluding hydrogens is 368 g/mol. The predicted octanol–water partition coefficient (Wildman–Crippen LogP) is 2.33. The maximum Gasteiger partial charge on any atom is 0.321 e. The van der Waals surface area contributed by atoms with Crippen LogP contribution in [0.4, 0.5) is 0 Å². The van der Waals surface area contributed by atoms with Crippen LogP contribution in [-0.2, 0) is 19.6 Å². The van der Waals surface area contributed by atoms with Gasteiger partial charge in [-0.15, -0.1) is 0 Å². The lowest BCUT2D eigenvalue weighted by Crippen LogP contribution is -2.46. The third-order valence-electron chi connectivity index (χ3n) is 5.06. The number of aliphatic carboxylic acids is 1. The summed E-state index contributed by atoms with van der Waals surface area (Å²) >= 11 is 0. The van der Waals surface area contributed by atoms with E-state index in [0.717, 1.165) is 22.7 Å². The Hall–Kier alpha value is -1.93. The zero-order chi connectivity index (χ0) is 20.0. The van der Waals surface area contributed by atoms with Crippen molar-refractivity contribution in [1.82, 2.24) is 9.62 Å². The first-order chi connectivity index (χ1) is 12.7. The maximum atomic E-state index is 13.0. The molecule has 2 rings (SSSR count). The van der Waals surface area contributed by atoms with E-state index in [9.17, 15) is 23.1 Å². The van der Waals surface area contributed by atoms with Crippen LogP contribution in [0.1, 0.15) is 57.4 Å². The van der Waals surface area contributed by atoms with Crippen molar-refractivity contribution in [2.24, 2.45) is 0 Å². The monoisotopic (exact) mass is 396 g/mol. The van der Waals surface area contributed by atoms with Crippen LogP contribution in [0.15, 0.2) is 29.2 Å². The number of carboxylic acids is 1. The van der Waals surface area contributed by atoms with Gasteiger partial charge in [-0.2, -0.15) is 4.31 Å². The second-order valence-corrected chi connectivity index (χ2v) is 8.91. The van der Waals surface area contributed by atoms with Crippen molar-refractivity contribution < 1.29 is 23.1 Å². The largest absolute Gasteiger partial charge is 0.480 e. The van der Waals surface area contributed by atoms with Gasteiger partial charge < -0.3 is 10.4 Å². The van der Waals surface area contributed by atoms with Gasteiger partial charge in [0.2, 0.25) is 15.9 Å². The minimum absolute atomic E-state index is 0.0480. The van der Waals surface area contributed by atoms with Gasteiger partial charge in [0, 0.05) is 20.0 Å². The van der Waals surface area contributed by atoms with Crippen LogP contribution in [0.5, 0.6) is 0 Å². The van der Waals surface area contributed by atoms with E-state index < -0.39 is 22.0 Å². The van der Waals surface area contributed by atoms with Crippen molar-refractivity contribution in [1.29, 1.82) is 0 Å². The molecule has 1 atom stereocenters. The van der Waals surface area contributed by atoms with Gasteiger partial charge in [0.15, 0.2) is 0 Å². The third kappa shape index (κ3) is 5.52. The molecule has 1 aliphatic rings. The van der Waals surface area contributed by atoms with Gasteiger partial charge in [-0.1, -0.05) is 31.4 Å². The molecule has 1 unspecified atom stereocenters. The molecule has 0 aromatic heterocycles. The third-order valence-corrected chi connectivity index (χ3v) is 7.04. The number of nitrogens with zero attached hydrogens (tertiary/aromatic N) is 1. The molecule has 27 heavy (non-hydrogen) atoms. The summed E-state index contributed by atoms with van der Waals surface area (Å²) in [5.74, 6) is -1.07. The fraction of sp³-hybridized carbons (Fsp3) is 0.579. The molecule has 8 heteroatoms. The quantitative estimate of drug-likeness (QED) is 0.702. The number of nitrogens with one attached hydrogen (secondary N) is 1. The summed E-state index contributed by atoms with van der Waals surface area (Å²) in [6.45, 7) is 2.58. The van der Waals surface area contributed by atoms with E-state index >= 15 is 0 Å². The molecule has 0 saturated heterocycles. The summed E-state index contributed by atoms with van der Waals surface area (Å²) < 4.78 is 26.9. The zero-order valence-corrected chi connectivity index (χ0v) is 16.7. The molecule has 0 aliphatic heterocycles. The summed E-state index contributed by atoms with van der Waals surface area (Å²) in [4.78, 5) is 22.5. The number of carboxylic acid groups (broad SMARTS) is 1. The van der Waals surface area contributed by atoms with E-state index in [0.29, 0.717) is 5.92 Å². The highest BCUT2D eigenvalue weighted by Crippen LogP contribution is 2.33. The smallest absolute Gasteiger partial charge is 0.321 e. The maximum absolute atomic E-state index is 13.0. The van der Waals surface area contributed by atoms with E-state index in [2.05, 4.69) is 5.32 Å². The van der Waals surface area contributed by atoms with Gasteiger partial charge in [0.1, 0.15) is 6.04 Å². The highest BCUT2D eigenvalue weighted by atomic mass is 32.2. The zero-order valence-electron chi connectivity index (χ0n) is 15.8. The van der Waals surface area contributed by atoms with E-state index in [1.54, 1.807) is 12.1 Å². The fourth-order valence-electron chi connectivity index (χ4n) is 3.47. The summed E-state index contributed by atoms with van der Waals surface area (Å²) in [5, 5.41) is 11.8. The van der Waals surface area contributed by atoms with Crippen molar-refractivity contribution in [3.8, 4) is 0 Å². The lowest BCUT2D eigenvalue weighted by atomic mass is 9.84. The molecule has 7 nitrogen and oxygen atoms in total. The average Bonchev–Trinajstić information content (AvgIpc) is 2.65. The predicted molar refractivity (Wildman–Crippen MR) is 102 cm³/mol. The van der Waals surface area contributed by atoms with Crippen molar-refractivity contribution in [2.45, 2.75) is 62.8 Å². The molecule has 2 N–H and O–H groups in total. The van der Waals surface area contributed by atoms with Gasteiger partial charge in [0.25, 0.3) is 0 Å². The Morgan fingerprint density at radius 2 is 1.78 bits per heavy atom. The van der Waals surface area contributed by atoms with Crippen molar-refractivity contribution >= 4 is 21.9 Å². The summed E-state index contributed by atoms with van der Waals surface area (Å²) in [5.41, 5.74) is 1.13. The Morgan fingerprint density at radius 1 is 1.19 bits per heavy atom. The highest BCUT2D eigenvalue weighted by molar-refractivity contribution is 7.89.